The van der Waals surface area contributed by atoms with Crippen LogP contribution in [0.2, 0.25) is 0 Å². The Bertz CT molecular complexity index is 817. The second-order valence-corrected chi connectivity index (χ2v) is 7.30. The van der Waals surface area contributed by atoms with Gasteiger partial charge < -0.3 is 4.90 Å². The summed E-state index contributed by atoms with van der Waals surface area (Å²) in [6.07, 6.45) is 5.50. The van der Waals surface area contributed by atoms with Gasteiger partial charge in [-0.25, -0.2) is 0 Å². The van der Waals surface area contributed by atoms with E-state index in [1.165, 1.54) is 34.2 Å². The summed E-state index contributed by atoms with van der Waals surface area (Å²) in [5.41, 5.74) is 8.86. The highest BCUT2D eigenvalue weighted by atomic mass is 32.1. The van der Waals surface area contributed by atoms with E-state index in [2.05, 4.69) is 101 Å². The van der Waals surface area contributed by atoms with Crippen LogP contribution in [0.15, 0.2) is 54.1 Å². The standard InChI is InChI=1S/C24H31NS/c1-7-10-21-12-13-22(16-20(21)8-2)24(9-3)25(19(6)26)23-14-11-17(4)18(5)15-23/h9,11-16,26H,6-8,10H2,1-5H3/b24-9-. The Morgan fingerprint density at radius 2 is 1.77 bits per heavy atom. The van der Waals surface area contributed by atoms with Crippen LogP contribution in [0.4, 0.5) is 5.69 Å². The quantitative estimate of drug-likeness (QED) is 0.513. The molecule has 0 aromatic heterocycles. The third-order valence-corrected chi connectivity index (χ3v) is 5.12. The van der Waals surface area contributed by atoms with Crippen LogP contribution in [0.25, 0.3) is 5.70 Å². The van der Waals surface area contributed by atoms with E-state index in [9.17, 15) is 0 Å². The highest BCUT2D eigenvalue weighted by molar-refractivity contribution is 7.84. The fourth-order valence-corrected chi connectivity index (χ4v) is 3.57. The van der Waals surface area contributed by atoms with Gasteiger partial charge in [-0.05, 0) is 79.6 Å². The van der Waals surface area contributed by atoms with Gasteiger partial charge in [0.25, 0.3) is 0 Å². The number of aryl methyl sites for hydroxylation is 4. The number of hydrogen-bond donors (Lipinski definition) is 1. The van der Waals surface area contributed by atoms with Crippen molar-refractivity contribution in [1.82, 2.24) is 0 Å². The van der Waals surface area contributed by atoms with Gasteiger partial charge >= 0.3 is 0 Å². The lowest BCUT2D eigenvalue weighted by Gasteiger charge is -2.28. The summed E-state index contributed by atoms with van der Waals surface area (Å²) in [5.74, 6) is 0. The Morgan fingerprint density at radius 3 is 2.31 bits per heavy atom. The van der Waals surface area contributed by atoms with E-state index < -0.39 is 0 Å². The molecule has 2 aromatic carbocycles. The zero-order chi connectivity index (χ0) is 19.3. The van der Waals surface area contributed by atoms with E-state index in [-0.39, 0.29) is 0 Å². The number of thiol groups is 1. The minimum atomic E-state index is 0.719. The lowest BCUT2D eigenvalue weighted by atomic mass is 9.96. The number of rotatable bonds is 7. The molecule has 0 bridgehead atoms. The van der Waals surface area contributed by atoms with E-state index >= 15 is 0 Å². The van der Waals surface area contributed by atoms with Gasteiger partial charge in [-0.3, -0.25) is 0 Å². The van der Waals surface area contributed by atoms with E-state index in [0.29, 0.717) is 0 Å². The van der Waals surface area contributed by atoms with Crippen LogP contribution in [0.5, 0.6) is 0 Å². The van der Waals surface area contributed by atoms with Crippen LogP contribution in [-0.2, 0) is 12.8 Å². The second-order valence-electron chi connectivity index (χ2n) is 6.78. The summed E-state index contributed by atoms with van der Waals surface area (Å²) in [7, 11) is 0. The van der Waals surface area contributed by atoms with Crippen LogP contribution in [-0.4, -0.2) is 0 Å². The van der Waals surface area contributed by atoms with Crippen LogP contribution in [0.3, 0.4) is 0 Å². The Kier molecular flexibility index (Phi) is 7.16. The summed E-state index contributed by atoms with van der Waals surface area (Å²) in [5, 5.41) is 0.719. The summed E-state index contributed by atoms with van der Waals surface area (Å²) in [6.45, 7) is 14.9. The molecule has 138 valence electrons. The SMILES string of the molecule is C=C(S)N(/C(=C\C)c1ccc(CCC)c(CC)c1)c1ccc(C)c(C)c1. The second kappa shape index (κ2) is 9.14. The number of allylic oxidation sites excluding steroid dienone is 1. The van der Waals surface area contributed by atoms with Gasteiger partial charge in [0.05, 0.1) is 5.03 Å². The molecule has 0 aliphatic carbocycles. The molecule has 2 rings (SSSR count). The van der Waals surface area contributed by atoms with Gasteiger partial charge in [0.2, 0.25) is 0 Å². The summed E-state index contributed by atoms with van der Waals surface area (Å²) in [6, 6.07) is 13.3. The van der Waals surface area contributed by atoms with Gasteiger partial charge in [-0.1, -0.05) is 51.1 Å². The number of anilines is 1. The largest absolute Gasteiger partial charge is 0.305 e. The molecule has 1 nitrogen and oxygen atoms in total. The molecule has 0 aliphatic rings. The van der Waals surface area contributed by atoms with Gasteiger partial charge in [0.15, 0.2) is 0 Å². The predicted octanol–water partition coefficient (Wildman–Crippen LogP) is 7.09. The molecule has 0 unspecified atom stereocenters. The average Bonchev–Trinajstić information content (AvgIpc) is 2.62. The molecule has 0 radical (unpaired) electrons. The van der Waals surface area contributed by atoms with Crippen LogP contribution in [0.1, 0.15) is 55.0 Å². The normalized spacial score (nSPS) is 11.5. The van der Waals surface area contributed by atoms with Gasteiger partial charge in [0.1, 0.15) is 0 Å². The van der Waals surface area contributed by atoms with Crippen molar-refractivity contribution in [1.29, 1.82) is 0 Å². The van der Waals surface area contributed by atoms with Crippen molar-refractivity contribution < 1.29 is 0 Å². The molecule has 0 heterocycles. The van der Waals surface area contributed by atoms with Gasteiger partial charge in [0, 0.05) is 11.4 Å². The molecule has 0 N–H and O–H groups in total. The average molecular weight is 366 g/mol. The predicted molar refractivity (Wildman–Crippen MR) is 120 cm³/mol. The lowest BCUT2D eigenvalue weighted by molar-refractivity contribution is 0.899. The molecule has 0 saturated heterocycles. The van der Waals surface area contributed by atoms with E-state index in [1.807, 2.05) is 0 Å². The van der Waals surface area contributed by atoms with Crippen molar-refractivity contribution in [3.05, 3.63) is 81.9 Å². The smallest absolute Gasteiger partial charge is 0.0694 e. The van der Waals surface area contributed by atoms with Crippen molar-refractivity contribution in [3.63, 3.8) is 0 Å². The molecule has 26 heavy (non-hydrogen) atoms. The lowest BCUT2D eigenvalue weighted by Crippen LogP contribution is -2.18. The highest BCUT2D eigenvalue weighted by Gasteiger charge is 2.16. The van der Waals surface area contributed by atoms with Crippen molar-refractivity contribution in [3.8, 4) is 0 Å². The molecule has 0 spiro atoms. The molecule has 0 amide bonds. The summed E-state index contributed by atoms with van der Waals surface area (Å²) in [4.78, 5) is 2.13. The van der Waals surface area contributed by atoms with Gasteiger partial charge in [-0.2, -0.15) is 0 Å². The first kappa shape index (κ1) is 20.4. The van der Waals surface area contributed by atoms with Crippen LogP contribution < -0.4 is 4.90 Å². The van der Waals surface area contributed by atoms with Crippen LogP contribution in [0, 0.1) is 13.8 Å². The molecule has 0 aliphatic heterocycles. The molecule has 2 heteroatoms. The molecule has 0 fully saturated rings. The highest BCUT2D eigenvalue weighted by Crippen LogP contribution is 2.33. The monoisotopic (exact) mass is 365 g/mol. The van der Waals surface area contributed by atoms with Gasteiger partial charge in [-0.15, -0.1) is 12.6 Å². The number of hydrogen-bond acceptors (Lipinski definition) is 2. The minimum absolute atomic E-state index is 0.719. The fraction of sp³-hybridized carbons (Fsp3) is 0.333. The summed E-state index contributed by atoms with van der Waals surface area (Å²) >= 11 is 4.60. The number of benzene rings is 2. The topological polar surface area (TPSA) is 3.24 Å². The Balaban J connectivity index is 2.53. The first-order chi connectivity index (χ1) is 12.4. The van der Waals surface area contributed by atoms with E-state index in [0.717, 1.165) is 29.3 Å². The molecule has 0 saturated carbocycles. The Morgan fingerprint density at radius 1 is 1.04 bits per heavy atom. The van der Waals surface area contributed by atoms with E-state index in [4.69, 9.17) is 0 Å². The third kappa shape index (κ3) is 4.42. The molecule has 0 atom stereocenters. The fourth-order valence-electron chi connectivity index (χ4n) is 3.34. The molecular weight excluding hydrogens is 334 g/mol. The van der Waals surface area contributed by atoms with Crippen molar-refractivity contribution in [2.24, 2.45) is 0 Å². The van der Waals surface area contributed by atoms with Crippen molar-refractivity contribution in [2.45, 2.75) is 53.9 Å². The third-order valence-electron chi connectivity index (χ3n) is 4.92. The maximum Gasteiger partial charge on any atom is 0.0694 e. The maximum absolute atomic E-state index is 4.60. The minimum Gasteiger partial charge on any atom is -0.305 e. The first-order valence-electron chi connectivity index (χ1n) is 9.46. The molecule has 2 aromatic rings. The first-order valence-corrected chi connectivity index (χ1v) is 9.91. The number of nitrogens with zero attached hydrogens (tertiary/aromatic N) is 1. The zero-order valence-corrected chi connectivity index (χ0v) is 17.7. The Hall–Kier alpha value is -1.93. The van der Waals surface area contributed by atoms with Crippen molar-refractivity contribution >= 4 is 24.0 Å². The zero-order valence-electron chi connectivity index (χ0n) is 16.8. The van der Waals surface area contributed by atoms with E-state index in [1.54, 1.807) is 0 Å². The Labute approximate surface area is 164 Å². The van der Waals surface area contributed by atoms with Crippen molar-refractivity contribution in [2.75, 3.05) is 4.90 Å². The van der Waals surface area contributed by atoms with Crippen LogP contribution >= 0.6 is 12.6 Å². The summed E-state index contributed by atoms with van der Waals surface area (Å²) < 4.78 is 0. The molecular formula is C24H31NS. The maximum atomic E-state index is 4.60.